The molecule has 16 heavy (non-hydrogen) atoms. The fourth-order valence-electron chi connectivity index (χ4n) is 1.08. The smallest absolute Gasteiger partial charge is 0.652 e. The number of para-hydroxylation sites is 1. The standard InChI is InChI=1S/C9H8O.CH2O3.2Na/c1-2-6-9-8(4-1)5-3-7-10-9;2-1(3)4;;/h1-4,6-7H,5H2;(H2,2,3,4);;/q;;2*+1/p-2. The minimum Gasteiger partial charge on any atom is -0.652 e. The molecule has 74 valence electrons. The van der Waals surface area contributed by atoms with Crippen LogP contribution in [0.3, 0.4) is 0 Å². The Morgan fingerprint density at radius 1 is 1.19 bits per heavy atom. The number of hydrogen-bond acceptors (Lipinski definition) is 4. The summed E-state index contributed by atoms with van der Waals surface area (Å²) in [6.07, 6.45) is 2.42. The van der Waals surface area contributed by atoms with Gasteiger partial charge in [0.1, 0.15) is 5.75 Å². The number of rotatable bonds is 0. The molecule has 1 aliphatic heterocycles. The van der Waals surface area contributed by atoms with Gasteiger partial charge in [-0.1, -0.05) is 18.2 Å². The van der Waals surface area contributed by atoms with E-state index < -0.39 is 6.16 Å². The van der Waals surface area contributed by atoms with E-state index in [0.29, 0.717) is 0 Å². The number of ether oxygens (including phenoxy) is 1. The van der Waals surface area contributed by atoms with Gasteiger partial charge in [-0.05, 0) is 30.3 Å². The van der Waals surface area contributed by atoms with Gasteiger partial charge in [0.2, 0.25) is 0 Å². The molecule has 1 heterocycles. The second-order valence-electron chi connectivity index (χ2n) is 2.55. The summed E-state index contributed by atoms with van der Waals surface area (Å²) in [5.74, 6) is 0.991. The fourth-order valence-corrected chi connectivity index (χ4v) is 1.08. The maximum absolute atomic E-state index is 8.33. The van der Waals surface area contributed by atoms with E-state index in [-0.39, 0.29) is 59.1 Å². The average molecular weight is 238 g/mol. The maximum Gasteiger partial charge on any atom is 1.00 e. The van der Waals surface area contributed by atoms with E-state index in [2.05, 4.69) is 6.07 Å². The fraction of sp³-hybridized carbons (Fsp3) is 0.100. The largest absolute Gasteiger partial charge is 1.00 e. The molecule has 0 N–H and O–H groups in total. The molecule has 0 bridgehead atoms. The van der Waals surface area contributed by atoms with Gasteiger partial charge in [-0.3, -0.25) is 0 Å². The van der Waals surface area contributed by atoms with Crippen LogP contribution >= 0.6 is 0 Å². The van der Waals surface area contributed by atoms with Crippen LogP contribution in [0.4, 0.5) is 4.79 Å². The first-order valence-corrected chi connectivity index (χ1v) is 3.97. The van der Waals surface area contributed by atoms with E-state index in [9.17, 15) is 0 Å². The zero-order valence-corrected chi connectivity index (χ0v) is 13.3. The molecule has 0 saturated carbocycles. The molecule has 0 atom stereocenters. The zero-order valence-electron chi connectivity index (χ0n) is 9.30. The number of carbonyl (C=O) groups is 1. The van der Waals surface area contributed by atoms with Crippen molar-refractivity contribution in [3.8, 4) is 5.75 Å². The van der Waals surface area contributed by atoms with Crippen molar-refractivity contribution in [2.75, 3.05) is 0 Å². The minimum atomic E-state index is -2.33. The zero-order chi connectivity index (χ0) is 10.4. The Labute approximate surface area is 138 Å². The average Bonchev–Trinajstić information content (AvgIpc) is 2.17. The maximum atomic E-state index is 8.33. The van der Waals surface area contributed by atoms with Gasteiger partial charge in [0.05, 0.1) is 6.26 Å². The Kier molecular flexibility index (Phi) is 11.7. The predicted molar refractivity (Wildman–Crippen MR) is 45.3 cm³/mol. The van der Waals surface area contributed by atoms with Crippen molar-refractivity contribution in [2.45, 2.75) is 6.42 Å². The van der Waals surface area contributed by atoms with E-state index in [4.69, 9.17) is 19.7 Å². The third kappa shape index (κ3) is 7.33. The molecule has 1 aromatic carbocycles. The summed E-state index contributed by atoms with van der Waals surface area (Å²) < 4.78 is 5.24. The summed E-state index contributed by atoms with van der Waals surface area (Å²) in [6.45, 7) is 0. The Hall–Kier alpha value is 0.0300. The van der Waals surface area contributed by atoms with Crippen LogP contribution in [0.5, 0.6) is 5.75 Å². The molecule has 0 saturated heterocycles. The SMILES string of the molecule is C1=COc2ccccc2C1.O=C([O-])[O-].[Na+].[Na+]. The summed E-state index contributed by atoms with van der Waals surface area (Å²) in [6, 6.07) is 8.08. The number of hydrogen-bond donors (Lipinski definition) is 0. The second-order valence-corrected chi connectivity index (χ2v) is 2.55. The number of carboxylic acid groups (broad SMARTS) is 2. The van der Waals surface area contributed by atoms with Gasteiger partial charge in [0, 0.05) is 0 Å². The van der Waals surface area contributed by atoms with Crippen LogP contribution in [0.15, 0.2) is 36.6 Å². The summed E-state index contributed by atoms with van der Waals surface area (Å²) >= 11 is 0. The molecule has 1 aliphatic rings. The molecule has 1 aromatic rings. The number of fused-ring (bicyclic) bond motifs is 1. The van der Waals surface area contributed by atoms with Crippen molar-refractivity contribution in [3.63, 3.8) is 0 Å². The van der Waals surface area contributed by atoms with Crippen molar-refractivity contribution < 1.29 is 78.9 Å². The third-order valence-corrected chi connectivity index (χ3v) is 1.60. The summed E-state index contributed by atoms with van der Waals surface area (Å²) in [5, 5.41) is 16.7. The van der Waals surface area contributed by atoms with Crippen LogP contribution in [0, 0.1) is 0 Å². The van der Waals surface area contributed by atoms with Crippen LogP contribution in [-0.4, -0.2) is 6.16 Å². The van der Waals surface area contributed by atoms with Crippen LogP contribution in [0.1, 0.15) is 5.56 Å². The molecule has 0 aliphatic carbocycles. The molecular formula is C10H8Na2O4. The van der Waals surface area contributed by atoms with E-state index in [1.54, 1.807) is 6.26 Å². The molecule has 0 amide bonds. The van der Waals surface area contributed by atoms with Crippen LogP contribution in [0.25, 0.3) is 0 Å². The molecular weight excluding hydrogens is 230 g/mol. The van der Waals surface area contributed by atoms with Crippen LogP contribution in [0.2, 0.25) is 0 Å². The first kappa shape index (κ1) is 18.4. The van der Waals surface area contributed by atoms with Crippen molar-refractivity contribution in [3.05, 3.63) is 42.2 Å². The van der Waals surface area contributed by atoms with Gasteiger partial charge in [-0.15, -0.1) is 0 Å². The van der Waals surface area contributed by atoms with Crippen molar-refractivity contribution in [1.29, 1.82) is 0 Å². The van der Waals surface area contributed by atoms with Gasteiger partial charge < -0.3 is 19.7 Å². The van der Waals surface area contributed by atoms with Crippen molar-refractivity contribution in [1.82, 2.24) is 0 Å². The van der Waals surface area contributed by atoms with E-state index in [1.165, 1.54) is 5.56 Å². The Morgan fingerprint density at radius 2 is 1.75 bits per heavy atom. The molecule has 0 unspecified atom stereocenters. The van der Waals surface area contributed by atoms with Gasteiger partial charge in [-0.2, -0.15) is 0 Å². The summed E-state index contributed by atoms with van der Waals surface area (Å²) in [7, 11) is 0. The first-order valence-electron chi connectivity index (χ1n) is 3.97. The first-order chi connectivity index (χ1) is 6.70. The number of allylic oxidation sites excluding steroid dienone is 1. The Balaban J connectivity index is 0. The van der Waals surface area contributed by atoms with Gasteiger partial charge >= 0.3 is 59.1 Å². The molecule has 6 heteroatoms. The van der Waals surface area contributed by atoms with Gasteiger partial charge in [0.25, 0.3) is 0 Å². The van der Waals surface area contributed by atoms with Crippen LogP contribution < -0.4 is 74.1 Å². The van der Waals surface area contributed by atoms with E-state index in [1.807, 2.05) is 24.3 Å². The molecule has 2 rings (SSSR count). The Morgan fingerprint density at radius 3 is 2.31 bits per heavy atom. The minimum absolute atomic E-state index is 0. The topological polar surface area (TPSA) is 72.4 Å². The number of carbonyl (C=O) groups excluding carboxylic acids is 1. The third-order valence-electron chi connectivity index (χ3n) is 1.60. The van der Waals surface area contributed by atoms with Crippen molar-refractivity contribution in [2.24, 2.45) is 0 Å². The Bertz CT molecular complexity index is 321. The monoisotopic (exact) mass is 238 g/mol. The van der Waals surface area contributed by atoms with Gasteiger partial charge in [0.15, 0.2) is 0 Å². The summed E-state index contributed by atoms with van der Waals surface area (Å²) in [4.78, 5) is 8.33. The molecule has 0 aromatic heterocycles. The van der Waals surface area contributed by atoms with Gasteiger partial charge in [-0.25, -0.2) is 0 Å². The quantitative estimate of drug-likeness (QED) is 0.421. The van der Waals surface area contributed by atoms with Crippen LogP contribution in [-0.2, 0) is 6.42 Å². The molecule has 0 fully saturated rings. The molecule has 0 spiro atoms. The second kappa shape index (κ2) is 10.2. The van der Waals surface area contributed by atoms with E-state index in [0.717, 1.165) is 12.2 Å². The van der Waals surface area contributed by atoms with E-state index >= 15 is 0 Å². The molecule has 4 nitrogen and oxygen atoms in total. The van der Waals surface area contributed by atoms with Crippen molar-refractivity contribution >= 4 is 6.16 Å². The number of benzene rings is 1. The molecule has 0 radical (unpaired) electrons. The predicted octanol–water partition coefficient (Wildman–Crippen LogP) is -6.30. The normalized spacial score (nSPS) is 10.2. The summed E-state index contributed by atoms with van der Waals surface area (Å²) in [5.41, 5.74) is 1.27.